The van der Waals surface area contributed by atoms with Crippen LogP contribution in [0.1, 0.15) is 26.7 Å². The molecule has 3 nitrogen and oxygen atoms in total. The molecule has 0 bridgehead atoms. The first-order valence-corrected chi connectivity index (χ1v) is 5.16. The molecule has 0 N–H and O–H groups in total. The third kappa shape index (κ3) is 3.84. The lowest BCUT2D eigenvalue weighted by Crippen LogP contribution is -2.36. The number of hydrogen-bond acceptors (Lipinski definition) is 3. The molecule has 0 aromatic carbocycles. The van der Waals surface area contributed by atoms with Crippen molar-refractivity contribution >= 4 is 18.4 Å². The number of hydrogen-bond donors (Lipinski definition) is 0. The topological polar surface area (TPSA) is 29.5 Å². The lowest BCUT2D eigenvalue weighted by Gasteiger charge is -2.29. The fraction of sp³-hybridized carbons (Fsp3) is 0.900. The van der Waals surface area contributed by atoms with Crippen LogP contribution in [0.2, 0.25) is 0 Å². The highest BCUT2D eigenvalue weighted by molar-refractivity contribution is 5.85. The maximum absolute atomic E-state index is 11.4. The van der Waals surface area contributed by atoms with Crippen LogP contribution in [0.5, 0.6) is 0 Å². The smallest absolute Gasteiger partial charge is 0.309 e. The van der Waals surface area contributed by atoms with Crippen LogP contribution in [-0.4, -0.2) is 37.1 Å². The lowest BCUT2D eigenvalue weighted by atomic mass is 9.97. The monoisotopic (exact) mass is 221 g/mol. The minimum absolute atomic E-state index is 0. The molecule has 0 aliphatic carbocycles. The van der Waals surface area contributed by atoms with Gasteiger partial charge in [-0.05, 0) is 39.4 Å². The van der Waals surface area contributed by atoms with Gasteiger partial charge in [-0.2, -0.15) is 0 Å². The van der Waals surface area contributed by atoms with Crippen LogP contribution in [0.15, 0.2) is 0 Å². The summed E-state index contributed by atoms with van der Waals surface area (Å²) in [4.78, 5) is 13.7. The summed E-state index contributed by atoms with van der Waals surface area (Å²) in [5, 5.41) is 0. The van der Waals surface area contributed by atoms with E-state index in [1.807, 2.05) is 6.92 Å². The van der Waals surface area contributed by atoms with Crippen LogP contribution in [-0.2, 0) is 9.53 Å². The molecule has 0 radical (unpaired) electrons. The predicted octanol–water partition coefficient (Wildman–Crippen LogP) is 1.70. The number of nitrogens with zero attached hydrogens (tertiary/aromatic N) is 1. The van der Waals surface area contributed by atoms with Gasteiger partial charge in [0.15, 0.2) is 0 Å². The molecule has 0 unspecified atom stereocenters. The zero-order chi connectivity index (χ0) is 9.68. The third-order valence-electron chi connectivity index (χ3n) is 2.65. The number of likely N-dealkylation sites (tertiary alicyclic amines) is 1. The van der Waals surface area contributed by atoms with E-state index in [-0.39, 0.29) is 24.3 Å². The maximum atomic E-state index is 11.4. The summed E-state index contributed by atoms with van der Waals surface area (Å²) in [5.41, 5.74) is 0. The van der Waals surface area contributed by atoms with Gasteiger partial charge in [0.2, 0.25) is 0 Å². The van der Waals surface area contributed by atoms with E-state index in [1.54, 1.807) is 0 Å². The Bertz CT molecular complexity index is 168. The lowest BCUT2D eigenvalue weighted by molar-refractivity contribution is -0.149. The Morgan fingerprint density at radius 1 is 1.36 bits per heavy atom. The predicted molar refractivity (Wildman–Crippen MR) is 58.7 cm³/mol. The van der Waals surface area contributed by atoms with E-state index in [0.717, 1.165) is 32.5 Å². The van der Waals surface area contributed by atoms with E-state index in [0.29, 0.717) is 6.61 Å². The van der Waals surface area contributed by atoms with Crippen LogP contribution >= 0.6 is 12.4 Å². The quantitative estimate of drug-likeness (QED) is 0.680. The van der Waals surface area contributed by atoms with Crippen molar-refractivity contribution < 1.29 is 9.53 Å². The number of esters is 1. The van der Waals surface area contributed by atoms with Crippen LogP contribution < -0.4 is 0 Å². The Morgan fingerprint density at radius 2 is 1.93 bits per heavy atom. The average molecular weight is 222 g/mol. The molecule has 0 amide bonds. The average Bonchev–Trinajstić information content (AvgIpc) is 2.18. The number of carbonyl (C=O) groups is 1. The Morgan fingerprint density at radius 3 is 2.36 bits per heavy atom. The molecule has 1 aliphatic rings. The number of ether oxygens (including phenoxy) is 1. The normalized spacial score (nSPS) is 18.7. The molecule has 4 heteroatoms. The van der Waals surface area contributed by atoms with Gasteiger partial charge in [0, 0.05) is 0 Å². The number of carbonyl (C=O) groups excluding carboxylic acids is 1. The Hall–Kier alpha value is -0.280. The first-order valence-electron chi connectivity index (χ1n) is 5.16. The van der Waals surface area contributed by atoms with E-state index >= 15 is 0 Å². The summed E-state index contributed by atoms with van der Waals surface area (Å²) in [6.45, 7) is 7.70. The van der Waals surface area contributed by atoms with Gasteiger partial charge in [-0.1, -0.05) is 6.92 Å². The van der Waals surface area contributed by atoms with Crippen LogP contribution in [0, 0.1) is 5.92 Å². The molecule has 0 aromatic rings. The molecule has 1 rings (SSSR count). The second-order valence-corrected chi connectivity index (χ2v) is 3.46. The SMILES string of the molecule is CCOC(=O)C1CCN(CC)CC1.Cl. The minimum atomic E-state index is -0.00162. The van der Waals surface area contributed by atoms with Crippen molar-refractivity contribution in [3.05, 3.63) is 0 Å². The van der Waals surface area contributed by atoms with Crippen LogP contribution in [0.3, 0.4) is 0 Å². The largest absolute Gasteiger partial charge is 0.466 e. The number of piperidine rings is 1. The summed E-state index contributed by atoms with van der Waals surface area (Å²) in [6, 6.07) is 0. The van der Waals surface area contributed by atoms with Gasteiger partial charge in [0.25, 0.3) is 0 Å². The van der Waals surface area contributed by atoms with Crippen molar-refractivity contribution in [2.75, 3.05) is 26.2 Å². The second kappa shape index (κ2) is 7.07. The second-order valence-electron chi connectivity index (χ2n) is 3.46. The molecule has 0 aromatic heterocycles. The molecule has 0 spiro atoms. The van der Waals surface area contributed by atoms with Crippen molar-refractivity contribution in [3.63, 3.8) is 0 Å². The van der Waals surface area contributed by atoms with E-state index in [9.17, 15) is 4.79 Å². The van der Waals surface area contributed by atoms with E-state index in [4.69, 9.17) is 4.74 Å². The summed E-state index contributed by atoms with van der Waals surface area (Å²) >= 11 is 0. The molecular weight excluding hydrogens is 202 g/mol. The van der Waals surface area contributed by atoms with Crippen LogP contribution in [0.25, 0.3) is 0 Å². The molecular formula is C10H20ClNO2. The maximum Gasteiger partial charge on any atom is 0.309 e. The Balaban J connectivity index is 0.00000169. The molecule has 1 saturated heterocycles. The summed E-state index contributed by atoms with van der Waals surface area (Å²) in [7, 11) is 0. The van der Waals surface area contributed by atoms with Gasteiger partial charge in [-0.15, -0.1) is 12.4 Å². The van der Waals surface area contributed by atoms with Gasteiger partial charge in [0.05, 0.1) is 12.5 Å². The van der Waals surface area contributed by atoms with Crippen molar-refractivity contribution in [2.45, 2.75) is 26.7 Å². The van der Waals surface area contributed by atoms with Crippen molar-refractivity contribution in [1.29, 1.82) is 0 Å². The molecule has 0 atom stereocenters. The van der Waals surface area contributed by atoms with Gasteiger partial charge in [0.1, 0.15) is 0 Å². The summed E-state index contributed by atoms with van der Waals surface area (Å²) < 4.78 is 4.99. The van der Waals surface area contributed by atoms with Crippen LogP contribution in [0.4, 0.5) is 0 Å². The van der Waals surface area contributed by atoms with Gasteiger partial charge >= 0.3 is 5.97 Å². The van der Waals surface area contributed by atoms with Crippen molar-refractivity contribution in [3.8, 4) is 0 Å². The van der Waals surface area contributed by atoms with Crippen molar-refractivity contribution in [1.82, 2.24) is 4.90 Å². The summed E-state index contributed by atoms with van der Waals surface area (Å²) in [6.07, 6.45) is 1.93. The van der Waals surface area contributed by atoms with E-state index in [2.05, 4.69) is 11.8 Å². The first-order chi connectivity index (χ1) is 6.27. The fourth-order valence-corrected chi connectivity index (χ4v) is 1.75. The highest BCUT2D eigenvalue weighted by atomic mass is 35.5. The highest BCUT2D eigenvalue weighted by Gasteiger charge is 2.24. The fourth-order valence-electron chi connectivity index (χ4n) is 1.75. The molecule has 1 fully saturated rings. The number of rotatable bonds is 3. The zero-order valence-corrected chi connectivity index (χ0v) is 9.81. The van der Waals surface area contributed by atoms with Crippen molar-refractivity contribution in [2.24, 2.45) is 5.92 Å². The van der Waals surface area contributed by atoms with Gasteiger partial charge in [-0.25, -0.2) is 0 Å². The summed E-state index contributed by atoms with van der Waals surface area (Å²) in [5.74, 6) is 0.154. The zero-order valence-electron chi connectivity index (χ0n) is 8.99. The standard InChI is InChI=1S/C10H19NO2.ClH/c1-3-11-7-5-9(6-8-11)10(12)13-4-2;/h9H,3-8H2,1-2H3;1H. The molecule has 1 aliphatic heterocycles. The molecule has 14 heavy (non-hydrogen) atoms. The molecule has 1 heterocycles. The number of halogens is 1. The van der Waals surface area contributed by atoms with E-state index < -0.39 is 0 Å². The van der Waals surface area contributed by atoms with Gasteiger partial charge < -0.3 is 9.64 Å². The van der Waals surface area contributed by atoms with Gasteiger partial charge in [-0.3, -0.25) is 4.79 Å². The minimum Gasteiger partial charge on any atom is -0.466 e. The third-order valence-corrected chi connectivity index (χ3v) is 2.65. The highest BCUT2D eigenvalue weighted by Crippen LogP contribution is 2.17. The molecule has 84 valence electrons. The Kier molecular flexibility index (Phi) is 6.93. The first kappa shape index (κ1) is 13.7. The Labute approximate surface area is 92.2 Å². The van der Waals surface area contributed by atoms with E-state index in [1.165, 1.54) is 0 Å². The molecule has 0 saturated carbocycles.